The molecular formula is C17H14ClNO2. The van der Waals surface area contributed by atoms with Crippen LogP contribution in [0.3, 0.4) is 0 Å². The number of ether oxygens (including phenoxy) is 1. The van der Waals surface area contributed by atoms with Gasteiger partial charge < -0.3 is 9.15 Å². The van der Waals surface area contributed by atoms with E-state index in [-0.39, 0.29) is 5.88 Å². The molecule has 3 nitrogen and oxygen atoms in total. The highest BCUT2D eigenvalue weighted by Crippen LogP contribution is 2.24. The third-order valence-electron chi connectivity index (χ3n) is 3.06. The molecule has 0 saturated carbocycles. The normalized spacial score (nSPS) is 10.5. The summed E-state index contributed by atoms with van der Waals surface area (Å²) in [5.41, 5.74) is 2.09. The first kappa shape index (κ1) is 13.7. The lowest BCUT2D eigenvalue weighted by Crippen LogP contribution is -1.94. The smallest absolute Gasteiger partial charge is 0.209 e. The van der Waals surface area contributed by atoms with Crippen LogP contribution in [0.2, 0.25) is 0 Å². The Hall–Kier alpha value is -2.26. The lowest BCUT2D eigenvalue weighted by atomic mass is 10.2. The fraction of sp³-hybridized carbons (Fsp3) is 0.118. The number of aromatic nitrogens is 1. The van der Waals surface area contributed by atoms with Gasteiger partial charge in [-0.1, -0.05) is 30.3 Å². The molecule has 1 heterocycles. The topological polar surface area (TPSA) is 35.3 Å². The molecule has 0 N–H and O–H groups in total. The monoisotopic (exact) mass is 299 g/mol. The Labute approximate surface area is 128 Å². The first-order valence-corrected chi connectivity index (χ1v) is 7.16. The summed E-state index contributed by atoms with van der Waals surface area (Å²) in [5, 5.41) is 0. The van der Waals surface area contributed by atoms with E-state index in [1.165, 1.54) is 0 Å². The van der Waals surface area contributed by atoms with Crippen molar-refractivity contribution in [1.29, 1.82) is 0 Å². The summed E-state index contributed by atoms with van der Waals surface area (Å²) in [5.74, 6) is 2.33. The first-order valence-electron chi connectivity index (χ1n) is 6.63. The molecule has 2 aromatic carbocycles. The predicted molar refractivity (Wildman–Crippen MR) is 82.3 cm³/mol. The van der Waals surface area contributed by atoms with Crippen molar-refractivity contribution in [3.8, 4) is 17.1 Å². The number of nitrogens with zero attached hydrogens (tertiary/aromatic N) is 1. The molecule has 0 amide bonds. The maximum Gasteiger partial charge on any atom is 0.209 e. The average molecular weight is 300 g/mol. The summed E-state index contributed by atoms with van der Waals surface area (Å²) in [6.07, 6.45) is 1.68. The maximum absolute atomic E-state index is 5.74. The quantitative estimate of drug-likeness (QED) is 0.643. The number of benzene rings is 2. The van der Waals surface area contributed by atoms with Crippen molar-refractivity contribution in [3.63, 3.8) is 0 Å². The minimum absolute atomic E-state index is 0.276. The zero-order valence-electron chi connectivity index (χ0n) is 11.3. The minimum Gasteiger partial charge on any atom is -0.489 e. The van der Waals surface area contributed by atoms with Gasteiger partial charge in [-0.05, 0) is 29.8 Å². The molecule has 0 unspecified atom stereocenters. The van der Waals surface area contributed by atoms with Gasteiger partial charge in [0.25, 0.3) is 0 Å². The van der Waals surface area contributed by atoms with E-state index >= 15 is 0 Å². The Morgan fingerprint density at radius 3 is 2.43 bits per heavy atom. The molecule has 1 aromatic heterocycles. The van der Waals surface area contributed by atoms with E-state index in [9.17, 15) is 0 Å². The van der Waals surface area contributed by atoms with Crippen molar-refractivity contribution in [2.45, 2.75) is 12.5 Å². The highest BCUT2D eigenvalue weighted by Gasteiger charge is 2.05. The van der Waals surface area contributed by atoms with Crippen molar-refractivity contribution in [1.82, 2.24) is 4.98 Å². The average Bonchev–Trinajstić information content (AvgIpc) is 3.03. The Morgan fingerprint density at radius 2 is 1.76 bits per heavy atom. The molecular weight excluding hydrogens is 286 g/mol. The van der Waals surface area contributed by atoms with Gasteiger partial charge in [0, 0.05) is 5.56 Å². The summed E-state index contributed by atoms with van der Waals surface area (Å²) in [6, 6.07) is 17.8. The fourth-order valence-corrected chi connectivity index (χ4v) is 2.09. The van der Waals surface area contributed by atoms with Gasteiger partial charge in [0.1, 0.15) is 12.4 Å². The maximum atomic E-state index is 5.74. The predicted octanol–water partition coefficient (Wildman–Crippen LogP) is 4.66. The molecule has 0 radical (unpaired) electrons. The minimum atomic E-state index is 0.276. The largest absolute Gasteiger partial charge is 0.489 e. The third kappa shape index (κ3) is 3.44. The zero-order valence-corrected chi connectivity index (χ0v) is 12.1. The number of halogens is 1. The molecule has 0 atom stereocenters. The summed E-state index contributed by atoms with van der Waals surface area (Å²) in [7, 11) is 0. The second-order valence-corrected chi connectivity index (χ2v) is 4.82. The zero-order chi connectivity index (χ0) is 14.5. The number of oxazole rings is 1. The van der Waals surface area contributed by atoms with Gasteiger partial charge in [-0.2, -0.15) is 0 Å². The van der Waals surface area contributed by atoms with Crippen LogP contribution in [-0.2, 0) is 12.5 Å². The van der Waals surface area contributed by atoms with Gasteiger partial charge in [-0.3, -0.25) is 0 Å². The molecule has 0 saturated heterocycles. The van der Waals surface area contributed by atoms with E-state index in [1.54, 1.807) is 6.20 Å². The number of rotatable bonds is 5. The van der Waals surface area contributed by atoms with Crippen molar-refractivity contribution in [3.05, 3.63) is 72.2 Å². The Balaban J connectivity index is 1.66. The van der Waals surface area contributed by atoms with Crippen LogP contribution in [-0.4, -0.2) is 4.98 Å². The van der Waals surface area contributed by atoms with Crippen LogP contribution in [0.4, 0.5) is 0 Å². The number of alkyl halides is 1. The molecule has 3 aromatic rings. The third-order valence-corrected chi connectivity index (χ3v) is 3.28. The number of hydrogen-bond donors (Lipinski definition) is 0. The molecule has 4 heteroatoms. The second-order valence-electron chi connectivity index (χ2n) is 4.55. The molecule has 0 spiro atoms. The van der Waals surface area contributed by atoms with E-state index in [0.717, 1.165) is 16.9 Å². The van der Waals surface area contributed by atoms with Crippen LogP contribution in [0.5, 0.6) is 5.75 Å². The lowest BCUT2D eigenvalue weighted by Gasteiger charge is -2.06. The van der Waals surface area contributed by atoms with Crippen LogP contribution in [0.25, 0.3) is 11.3 Å². The first-order chi connectivity index (χ1) is 10.3. The highest BCUT2D eigenvalue weighted by molar-refractivity contribution is 6.16. The fourth-order valence-electron chi connectivity index (χ4n) is 1.96. The molecule has 3 rings (SSSR count). The van der Waals surface area contributed by atoms with E-state index in [0.29, 0.717) is 18.3 Å². The summed E-state index contributed by atoms with van der Waals surface area (Å²) in [4.78, 5) is 4.08. The molecule has 0 aliphatic heterocycles. The van der Waals surface area contributed by atoms with Gasteiger partial charge in [-0.25, -0.2) is 4.98 Å². The van der Waals surface area contributed by atoms with Crippen LogP contribution in [0.1, 0.15) is 11.5 Å². The van der Waals surface area contributed by atoms with E-state index < -0.39 is 0 Å². The molecule has 106 valence electrons. The van der Waals surface area contributed by atoms with Crippen LogP contribution >= 0.6 is 11.6 Å². The molecule has 21 heavy (non-hydrogen) atoms. The van der Waals surface area contributed by atoms with E-state index in [4.69, 9.17) is 20.8 Å². The van der Waals surface area contributed by atoms with E-state index in [2.05, 4.69) is 4.98 Å². The van der Waals surface area contributed by atoms with Crippen LogP contribution in [0, 0.1) is 0 Å². The Kier molecular flexibility index (Phi) is 4.22. The standard InChI is InChI=1S/C17H14ClNO2/c18-10-17-19-11-16(21-17)14-6-8-15(9-7-14)20-12-13-4-2-1-3-5-13/h1-9,11H,10,12H2. The molecule has 0 fully saturated rings. The molecule has 0 aliphatic carbocycles. The van der Waals surface area contributed by atoms with Crippen molar-refractivity contribution in [2.24, 2.45) is 0 Å². The molecule has 0 aliphatic rings. The van der Waals surface area contributed by atoms with Crippen LogP contribution in [0.15, 0.2) is 65.2 Å². The van der Waals surface area contributed by atoms with Gasteiger partial charge >= 0.3 is 0 Å². The Morgan fingerprint density at radius 1 is 1.00 bits per heavy atom. The second kappa shape index (κ2) is 6.46. The SMILES string of the molecule is ClCc1ncc(-c2ccc(OCc3ccccc3)cc2)o1. The van der Waals surface area contributed by atoms with Crippen molar-refractivity contribution >= 4 is 11.6 Å². The Bertz CT molecular complexity index is 692. The van der Waals surface area contributed by atoms with Crippen molar-refractivity contribution in [2.75, 3.05) is 0 Å². The number of hydrogen-bond acceptors (Lipinski definition) is 3. The summed E-state index contributed by atoms with van der Waals surface area (Å²) < 4.78 is 11.2. The molecule has 0 bridgehead atoms. The van der Waals surface area contributed by atoms with Gasteiger partial charge in [0.15, 0.2) is 5.76 Å². The van der Waals surface area contributed by atoms with Gasteiger partial charge in [0.05, 0.1) is 12.1 Å². The van der Waals surface area contributed by atoms with Crippen molar-refractivity contribution < 1.29 is 9.15 Å². The van der Waals surface area contributed by atoms with Gasteiger partial charge in [0.2, 0.25) is 5.89 Å². The highest BCUT2D eigenvalue weighted by atomic mass is 35.5. The summed E-state index contributed by atoms with van der Waals surface area (Å²) in [6.45, 7) is 0.554. The summed E-state index contributed by atoms with van der Waals surface area (Å²) >= 11 is 5.68. The lowest BCUT2D eigenvalue weighted by molar-refractivity contribution is 0.306. The van der Waals surface area contributed by atoms with E-state index in [1.807, 2.05) is 54.6 Å². The van der Waals surface area contributed by atoms with Gasteiger partial charge in [-0.15, -0.1) is 11.6 Å². The van der Waals surface area contributed by atoms with Crippen LogP contribution < -0.4 is 4.74 Å².